The quantitative estimate of drug-likeness (QED) is 0.645. The third-order valence-corrected chi connectivity index (χ3v) is 2.70. The summed E-state index contributed by atoms with van der Waals surface area (Å²) in [6.45, 7) is 4.35. The van der Waals surface area contributed by atoms with Crippen LogP contribution in [0, 0.1) is 6.92 Å². The van der Waals surface area contributed by atoms with E-state index in [1.165, 1.54) is 0 Å². The molecule has 0 saturated heterocycles. The summed E-state index contributed by atoms with van der Waals surface area (Å²) in [7, 11) is 0. The van der Waals surface area contributed by atoms with E-state index in [2.05, 4.69) is 5.32 Å². The molecule has 1 atom stereocenters. The second-order valence-electron chi connectivity index (χ2n) is 3.87. The smallest absolute Gasteiger partial charge is 0.137 e. The minimum Gasteiger partial charge on any atom is -0.385 e. The second kappa shape index (κ2) is 2.72. The molecule has 1 aromatic rings. The Hall–Kier alpha value is -1.05. The van der Waals surface area contributed by atoms with Gasteiger partial charge in [-0.05, 0) is 25.5 Å². The maximum Gasteiger partial charge on any atom is 0.137 e. The fourth-order valence-corrected chi connectivity index (χ4v) is 2.06. The van der Waals surface area contributed by atoms with Crippen LogP contribution in [0.4, 0.5) is 10.1 Å². The van der Waals surface area contributed by atoms with E-state index in [-0.39, 0.29) is 0 Å². The van der Waals surface area contributed by atoms with Crippen LogP contribution in [0.2, 0.25) is 0 Å². The van der Waals surface area contributed by atoms with Crippen LogP contribution in [0.15, 0.2) is 18.2 Å². The van der Waals surface area contributed by atoms with Crippen LogP contribution in [-0.4, -0.2) is 6.54 Å². The van der Waals surface area contributed by atoms with E-state index in [0.717, 1.165) is 23.4 Å². The molecule has 0 fully saturated rings. The molecule has 13 heavy (non-hydrogen) atoms. The Balaban J connectivity index is 2.61. The highest BCUT2D eigenvalue weighted by Gasteiger charge is 2.32. The summed E-state index contributed by atoms with van der Waals surface area (Å²) >= 11 is 0. The zero-order valence-corrected chi connectivity index (χ0v) is 8.02. The van der Waals surface area contributed by atoms with Gasteiger partial charge in [-0.3, -0.25) is 0 Å². The van der Waals surface area contributed by atoms with Crippen molar-refractivity contribution in [1.29, 1.82) is 0 Å². The molecule has 1 unspecified atom stereocenters. The number of aryl methyl sites for hydroxylation is 1. The Morgan fingerprint density at radius 2 is 2.23 bits per heavy atom. The average molecular weight is 179 g/mol. The van der Waals surface area contributed by atoms with E-state index in [1.807, 2.05) is 25.1 Å². The number of anilines is 1. The molecule has 2 heteroatoms. The molecule has 0 radical (unpaired) electrons. The molecule has 0 aromatic heterocycles. The fourth-order valence-electron chi connectivity index (χ4n) is 2.06. The number of halogens is 1. The van der Waals surface area contributed by atoms with Crippen molar-refractivity contribution in [3.8, 4) is 0 Å². The van der Waals surface area contributed by atoms with E-state index < -0.39 is 5.67 Å². The topological polar surface area (TPSA) is 12.0 Å². The Bertz CT molecular complexity index is 331. The number of fused-ring (bicyclic) bond motifs is 1. The summed E-state index contributed by atoms with van der Waals surface area (Å²) < 4.78 is 14.1. The monoisotopic (exact) mass is 179 g/mol. The first kappa shape index (κ1) is 8.54. The van der Waals surface area contributed by atoms with Gasteiger partial charge in [0, 0.05) is 24.2 Å². The van der Waals surface area contributed by atoms with Gasteiger partial charge in [0.2, 0.25) is 0 Å². The lowest BCUT2D eigenvalue weighted by molar-refractivity contribution is 0.177. The van der Waals surface area contributed by atoms with Crippen LogP contribution in [0.1, 0.15) is 24.5 Å². The normalized spacial score (nSPS) is 26.4. The fraction of sp³-hybridized carbons (Fsp3) is 0.455. The SMILES string of the molecule is Cc1cccc2c1C(C)(F)CCN2. The van der Waals surface area contributed by atoms with E-state index in [9.17, 15) is 4.39 Å². The van der Waals surface area contributed by atoms with Gasteiger partial charge in [0.25, 0.3) is 0 Å². The van der Waals surface area contributed by atoms with Crippen molar-refractivity contribution in [3.63, 3.8) is 0 Å². The van der Waals surface area contributed by atoms with Crippen molar-refractivity contribution in [2.24, 2.45) is 0 Å². The number of benzene rings is 1. The Kier molecular flexibility index (Phi) is 1.79. The van der Waals surface area contributed by atoms with Gasteiger partial charge in [0.15, 0.2) is 0 Å². The van der Waals surface area contributed by atoms with E-state index in [1.54, 1.807) is 6.92 Å². The maximum absolute atomic E-state index is 14.1. The molecule has 0 bridgehead atoms. The van der Waals surface area contributed by atoms with Gasteiger partial charge in [-0.25, -0.2) is 4.39 Å². The van der Waals surface area contributed by atoms with Crippen LogP contribution in [-0.2, 0) is 5.67 Å². The maximum atomic E-state index is 14.1. The highest BCUT2D eigenvalue weighted by atomic mass is 19.1. The molecular weight excluding hydrogens is 165 g/mol. The highest BCUT2D eigenvalue weighted by molar-refractivity contribution is 5.58. The van der Waals surface area contributed by atoms with Gasteiger partial charge in [-0.2, -0.15) is 0 Å². The van der Waals surface area contributed by atoms with Crippen molar-refractivity contribution < 1.29 is 4.39 Å². The standard InChI is InChI=1S/C11H14FN/c1-8-4-3-5-9-10(8)11(2,12)6-7-13-9/h3-5,13H,6-7H2,1-2H3. The van der Waals surface area contributed by atoms with E-state index >= 15 is 0 Å². The summed E-state index contributed by atoms with van der Waals surface area (Å²) in [6.07, 6.45) is 0.560. The van der Waals surface area contributed by atoms with Gasteiger partial charge in [-0.1, -0.05) is 12.1 Å². The molecule has 0 aliphatic carbocycles. The van der Waals surface area contributed by atoms with Gasteiger partial charge in [0.05, 0.1) is 0 Å². The molecule has 1 aliphatic heterocycles. The first-order chi connectivity index (χ1) is 6.11. The van der Waals surface area contributed by atoms with E-state index in [4.69, 9.17) is 0 Å². The van der Waals surface area contributed by atoms with Gasteiger partial charge < -0.3 is 5.32 Å². The summed E-state index contributed by atoms with van der Waals surface area (Å²) in [5, 5.41) is 3.22. The molecule has 0 spiro atoms. The molecule has 0 amide bonds. The number of nitrogens with one attached hydrogen (secondary N) is 1. The van der Waals surface area contributed by atoms with Crippen molar-refractivity contribution >= 4 is 5.69 Å². The van der Waals surface area contributed by atoms with Crippen molar-refractivity contribution in [3.05, 3.63) is 29.3 Å². The van der Waals surface area contributed by atoms with Crippen LogP contribution < -0.4 is 5.32 Å². The van der Waals surface area contributed by atoms with E-state index in [0.29, 0.717) is 6.42 Å². The molecule has 70 valence electrons. The molecule has 1 N–H and O–H groups in total. The lowest BCUT2D eigenvalue weighted by atomic mass is 9.86. The molecule has 0 saturated carbocycles. The number of alkyl halides is 1. The minimum absolute atomic E-state index is 0.560. The van der Waals surface area contributed by atoms with Gasteiger partial charge in [-0.15, -0.1) is 0 Å². The number of hydrogen-bond acceptors (Lipinski definition) is 1. The minimum atomic E-state index is -1.16. The van der Waals surface area contributed by atoms with Crippen molar-refractivity contribution in [2.75, 3.05) is 11.9 Å². The zero-order chi connectivity index (χ0) is 9.47. The average Bonchev–Trinajstić information content (AvgIpc) is 2.02. The molecule has 1 heterocycles. The third-order valence-electron chi connectivity index (χ3n) is 2.70. The van der Waals surface area contributed by atoms with Gasteiger partial charge >= 0.3 is 0 Å². The molecule has 1 aliphatic rings. The second-order valence-corrected chi connectivity index (χ2v) is 3.87. The molecule has 2 rings (SSSR count). The van der Waals surface area contributed by atoms with Crippen LogP contribution >= 0.6 is 0 Å². The molecule has 1 nitrogen and oxygen atoms in total. The summed E-state index contributed by atoms with van der Waals surface area (Å²) in [5.41, 5.74) is 1.67. The zero-order valence-electron chi connectivity index (χ0n) is 8.02. The number of rotatable bonds is 0. The van der Waals surface area contributed by atoms with Crippen molar-refractivity contribution in [1.82, 2.24) is 0 Å². The Labute approximate surface area is 78.0 Å². The number of hydrogen-bond donors (Lipinski definition) is 1. The lowest BCUT2D eigenvalue weighted by Crippen LogP contribution is -2.27. The Morgan fingerprint density at radius 1 is 1.46 bits per heavy atom. The first-order valence-corrected chi connectivity index (χ1v) is 4.64. The lowest BCUT2D eigenvalue weighted by Gasteiger charge is -2.31. The van der Waals surface area contributed by atoms with Crippen molar-refractivity contribution in [2.45, 2.75) is 25.9 Å². The summed E-state index contributed by atoms with van der Waals surface area (Å²) in [6, 6.07) is 5.87. The Morgan fingerprint density at radius 3 is 2.92 bits per heavy atom. The summed E-state index contributed by atoms with van der Waals surface area (Å²) in [4.78, 5) is 0. The van der Waals surface area contributed by atoms with Gasteiger partial charge in [0.1, 0.15) is 5.67 Å². The largest absolute Gasteiger partial charge is 0.385 e. The molecule has 1 aromatic carbocycles. The molecular formula is C11H14FN. The predicted octanol–water partition coefficient (Wildman–Crippen LogP) is 3.00. The summed E-state index contributed by atoms with van der Waals surface area (Å²) in [5.74, 6) is 0. The van der Waals surface area contributed by atoms with Crippen LogP contribution in [0.25, 0.3) is 0 Å². The predicted molar refractivity (Wildman–Crippen MR) is 52.7 cm³/mol. The first-order valence-electron chi connectivity index (χ1n) is 4.64. The third kappa shape index (κ3) is 1.30. The highest BCUT2D eigenvalue weighted by Crippen LogP contribution is 2.39. The van der Waals surface area contributed by atoms with Crippen LogP contribution in [0.5, 0.6) is 0 Å². The van der Waals surface area contributed by atoms with Crippen LogP contribution in [0.3, 0.4) is 0 Å².